The lowest BCUT2D eigenvalue weighted by Crippen LogP contribution is -2.41. The topological polar surface area (TPSA) is 31.4 Å². The van der Waals surface area contributed by atoms with Gasteiger partial charge in [0.1, 0.15) is 5.82 Å². The lowest BCUT2D eigenvalue weighted by Gasteiger charge is -2.32. The summed E-state index contributed by atoms with van der Waals surface area (Å²) >= 11 is 5.58. The van der Waals surface area contributed by atoms with Crippen molar-refractivity contribution in [3.8, 4) is 0 Å². The van der Waals surface area contributed by atoms with E-state index in [9.17, 15) is 4.39 Å². The number of benzene rings is 1. The molecule has 0 unspecified atom stereocenters. The zero-order valence-corrected chi connectivity index (χ0v) is 15.1. The molecule has 2 aromatic rings. The Hall–Kier alpha value is -2.05. The van der Waals surface area contributed by atoms with Gasteiger partial charge in [0.25, 0.3) is 0 Å². The van der Waals surface area contributed by atoms with Crippen LogP contribution >= 0.6 is 12.2 Å². The van der Waals surface area contributed by atoms with Crippen molar-refractivity contribution in [2.45, 2.75) is 13.0 Å². The van der Waals surface area contributed by atoms with Crippen molar-refractivity contribution in [2.24, 2.45) is 0 Å². The molecule has 0 fully saturated rings. The monoisotopic (exact) mass is 346 g/mol. The maximum atomic E-state index is 13.4. The van der Waals surface area contributed by atoms with Crippen LogP contribution in [0.15, 0.2) is 48.7 Å². The summed E-state index contributed by atoms with van der Waals surface area (Å²) in [4.78, 5) is 8.60. The van der Waals surface area contributed by atoms with Gasteiger partial charge >= 0.3 is 0 Å². The maximum Gasteiger partial charge on any atom is 0.174 e. The molecule has 4 nitrogen and oxygen atoms in total. The molecule has 0 aliphatic heterocycles. The Morgan fingerprint density at radius 3 is 2.62 bits per heavy atom. The minimum atomic E-state index is -0.291. The van der Waals surface area contributed by atoms with Gasteiger partial charge in [-0.15, -0.1) is 0 Å². The Bertz CT molecular complexity index is 663. The molecule has 0 radical (unpaired) electrons. The number of hydrogen-bond donors (Lipinski definition) is 1. The summed E-state index contributed by atoms with van der Waals surface area (Å²) in [7, 11) is 4.04. The number of rotatable bonds is 6. The second-order valence-electron chi connectivity index (χ2n) is 5.87. The van der Waals surface area contributed by atoms with E-state index in [1.807, 2.05) is 32.3 Å². The van der Waals surface area contributed by atoms with E-state index >= 15 is 0 Å². The van der Waals surface area contributed by atoms with Gasteiger partial charge in [0, 0.05) is 25.0 Å². The van der Waals surface area contributed by atoms with Gasteiger partial charge in [-0.2, -0.15) is 0 Å². The molecule has 1 N–H and O–H groups in total. The molecule has 6 heteroatoms. The lowest BCUT2D eigenvalue weighted by atomic mass is 10.2. The molecule has 0 spiro atoms. The number of halogens is 1. The summed E-state index contributed by atoms with van der Waals surface area (Å²) in [5.41, 5.74) is 1.59. The molecule has 1 heterocycles. The summed E-state index contributed by atoms with van der Waals surface area (Å²) in [6.45, 7) is 3.66. The third-order valence-corrected chi connectivity index (χ3v) is 4.04. The highest BCUT2D eigenvalue weighted by Crippen LogP contribution is 2.20. The number of likely N-dealkylation sites (N-methyl/N-ethyl adjacent to an activating group) is 1. The molecule has 0 saturated carbocycles. The zero-order valence-electron chi connectivity index (χ0n) is 14.2. The first-order valence-electron chi connectivity index (χ1n) is 7.86. The van der Waals surface area contributed by atoms with Crippen LogP contribution in [-0.4, -0.2) is 47.1 Å². The molecule has 0 amide bonds. The average molecular weight is 346 g/mol. The van der Waals surface area contributed by atoms with Crippen molar-refractivity contribution >= 4 is 23.0 Å². The highest BCUT2D eigenvalue weighted by atomic mass is 32.1. The number of hydrogen-bond acceptors (Lipinski definition) is 3. The Balaban J connectivity index is 2.16. The molecule has 1 aromatic heterocycles. The summed E-state index contributed by atoms with van der Waals surface area (Å²) in [6.07, 6.45) is 1.78. The van der Waals surface area contributed by atoms with Gasteiger partial charge in [0.2, 0.25) is 0 Å². The van der Waals surface area contributed by atoms with Gasteiger partial charge < -0.3 is 15.1 Å². The second kappa shape index (κ2) is 8.70. The molecule has 24 heavy (non-hydrogen) atoms. The summed E-state index contributed by atoms with van der Waals surface area (Å²) in [5, 5.41) is 3.68. The predicted octanol–water partition coefficient (Wildman–Crippen LogP) is 3.54. The van der Waals surface area contributed by atoms with Crippen LogP contribution in [-0.2, 0) is 0 Å². The molecule has 0 aliphatic rings. The molecular formula is C18H23FN4S. The standard InChI is InChI=1S/C18H23FN4S/c1-14(17-9-4-5-10-20-17)23(12-11-22(2)3)18(24)21-16-8-6-7-15(19)13-16/h4-10,13-14H,11-12H2,1-3H3,(H,21,24)/t14-/m1/s1. The minimum Gasteiger partial charge on any atom is -0.339 e. The Morgan fingerprint density at radius 2 is 2.00 bits per heavy atom. The van der Waals surface area contributed by atoms with Crippen molar-refractivity contribution in [3.05, 3.63) is 60.2 Å². The number of pyridine rings is 1. The van der Waals surface area contributed by atoms with Crippen LogP contribution in [0.1, 0.15) is 18.7 Å². The first kappa shape index (κ1) is 18.3. The SMILES string of the molecule is C[C@H](c1ccccn1)N(CCN(C)C)C(=S)Nc1cccc(F)c1. The third-order valence-electron chi connectivity index (χ3n) is 3.71. The largest absolute Gasteiger partial charge is 0.339 e. The summed E-state index contributed by atoms with van der Waals surface area (Å²) in [6, 6.07) is 12.2. The number of nitrogens with zero attached hydrogens (tertiary/aromatic N) is 3. The van der Waals surface area contributed by atoms with Crippen LogP contribution < -0.4 is 5.32 Å². The van der Waals surface area contributed by atoms with E-state index in [1.54, 1.807) is 18.3 Å². The van der Waals surface area contributed by atoms with Crippen molar-refractivity contribution in [3.63, 3.8) is 0 Å². The van der Waals surface area contributed by atoms with Gasteiger partial charge in [0.05, 0.1) is 11.7 Å². The first-order chi connectivity index (χ1) is 11.5. The van der Waals surface area contributed by atoms with Gasteiger partial charge in [-0.05, 0) is 63.6 Å². The molecule has 0 saturated heterocycles. The van der Waals surface area contributed by atoms with Gasteiger partial charge in [0.15, 0.2) is 5.11 Å². The van der Waals surface area contributed by atoms with Crippen LogP contribution in [0.25, 0.3) is 0 Å². The van der Waals surface area contributed by atoms with E-state index in [0.29, 0.717) is 10.8 Å². The Morgan fingerprint density at radius 1 is 1.21 bits per heavy atom. The number of thiocarbonyl (C=S) groups is 1. The fraction of sp³-hybridized carbons (Fsp3) is 0.333. The first-order valence-corrected chi connectivity index (χ1v) is 8.27. The molecular weight excluding hydrogens is 323 g/mol. The van der Waals surface area contributed by atoms with E-state index in [0.717, 1.165) is 18.8 Å². The summed E-state index contributed by atoms with van der Waals surface area (Å²) < 4.78 is 13.4. The molecule has 2 rings (SSSR count). The van der Waals surface area contributed by atoms with E-state index in [1.165, 1.54) is 12.1 Å². The minimum absolute atomic E-state index is 0.0136. The van der Waals surface area contributed by atoms with E-state index < -0.39 is 0 Å². The van der Waals surface area contributed by atoms with Gasteiger partial charge in [-0.3, -0.25) is 4.98 Å². The fourth-order valence-corrected chi connectivity index (χ4v) is 2.69. The van der Waals surface area contributed by atoms with Crippen LogP contribution in [0.3, 0.4) is 0 Å². The smallest absolute Gasteiger partial charge is 0.174 e. The highest BCUT2D eigenvalue weighted by molar-refractivity contribution is 7.80. The Labute approximate surface area is 148 Å². The number of nitrogens with one attached hydrogen (secondary N) is 1. The molecule has 1 aromatic carbocycles. The van der Waals surface area contributed by atoms with Crippen molar-refractivity contribution in [2.75, 3.05) is 32.5 Å². The highest BCUT2D eigenvalue weighted by Gasteiger charge is 2.20. The number of anilines is 1. The second-order valence-corrected chi connectivity index (χ2v) is 6.25. The number of aromatic nitrogens is 1. The molecule has 128 valence electrons. The van der Waals surface area contributed by atoms with Gasteiger partial charge in [-0.1, -0.05) is 12.1 Å². The fourth-order valence-electron chi connectivity index (χ4n) is 2.32. The van der Waals surface area contributed by atoms with Crippen LogP contribution in [0, 0.1) is 5.82 Å². The molecule has 0 bridgehead atoms. The normalized spacial score (nSPS) is 12.0. The summed E-state index contributed by atoms with van der Waals surface area (Å²) in [5.74, 6) is -0.291. The average Bonchev–Trinajstić information content (AvgIpc) is 2.55. The quantitative estimate of drug-likeness (QED) is 0.809. The van der Waals surface area contributed by atoms with Crippen LogP contribution in [0.2, 0.25) is 0 Å². The van der Waals surface area contributed by atoms with E-state index in [-0.39, 0.29) is 11.9 Å². The lowest BCUT2D eigenvalue weighted by molar-refractivity contribution is 0.286. The van der Waals surface area contributed by atoms with Crippen LogP contribution in [0.5, 0.6) is 0 Å². The molecule has 1 atom stereocenters. The van der Waals surface area contributed by atoms with Gasteiger partial charge in [-0.25, -0.2) is 4.39 Å². The maximum absolute atomic E-state index is 13.4. The molecule has 0 aliphatic carbocycles. The zero-order chi connectivity index (χ0) is 17.5. The Kier molecular flexibility index (Phi) is 6.63. The predicted molar refractivity (Wildman–Crippen MR) is 101 cm³/mol. The van der Waals surface area contributed by atoms with E-state index in [4.69, 9.17) is 12.2 Å². The third kappa shape index (κ3) is 5.25. The van der Waals surface area contributed by atoms with Crippen molar-refractivity contribution in [1.29, 1.82) is 0 Å². The van der Waals surface area contributed by atoms with Crippen molar-refractivity contribution < 1.29 is 4.39 Å². The van der Waals surface area contributed by atoms with Crippen LogP contribution in [0.4, 0.5) is 10.1 Å². The van der Waals surface area contributed by atoms with E-state index in [2.05, 4.69) is 27.0 Å². The van der Waals surface area contributed by atoms with Crippen molar-refractivity contribution in [1.82, 2.24) is 14.8 Å².